The van der Waals surface area contributed by atoms with Crippen molar-refractivity contribution in [2.24, 2.45) is 40.6 Å². The Kier molecular flexibility index (Phi) is 22.8. The van der Waals surface area contributed by atoms with Gasteiger partial charge in [-0.2, -0.15) is 0 Å². The third kappa shape index (κ3) is 14.2. The van der Waals surface area contributed by atoms with Gasteiger partial charge in [-0.3, -0.25) is 0 Å². The van der Waals surface area contributed by atoms with Gasteiger partial charge in [0.15, 0.2) is 18.9 Å². The van der Waals surface area contributed by atoms with Crippen molar-refractivity contribution < 1.29 is 38.6 Å². The first kappa shape index (κ1) is 49.1. The molecule has 0 radical (unpaired) electrons. The van der Waals surface area contributed by atoms with Crippen molar-refractivity contribution in [2.45, 2.75) is 233 Å². The van der Waals surface area contributed by atoms with E-state index >= 15 is 0 Å². The van der Waals surface area contributed by atoms with Gasteiger partial charge in [-0.25, -0.2) is 0 Å². The normalized spacial score (nSPS) is 37.7. The highest BCUT2D eigenvalue weighted by molar-refractivity contribution is 4.95. The van der Waals surface area contributed by atoms with Gasteiger partial charge in [-0.1, -0.05) is 151 Å². The minimum atomic E-state index is -0.943. The fourth-order valence-electron chi connectivity index (χ4n) is 8.87. The highest BCUT2D eigenvalue weighted by Crippen LogP contribution is 2.41. The molecule has 0 spiro atoms. The number of azide groups is 1. The van der Waals surface area contributed by atoms with Crippen molar-refractivity contribution in [1.82, 2.24) is 0 Å². The Labute approximate surface area is 340 Å². The minimum absolute atomic E-state index is 0.0163. The molecule has 2 N–H and O–H groups in total. The number of hydrogen-bond donors (Lipinski definition) is 2. The maximum absolute atomic E-state index is 11.5. The molecule has 3 saturated heterocycles. The second kappa shape index (κ2) is 26.0. The fourth-order valence-corrected chi connectivity index (χ4v) is 8.87. The van der Waals surface area contributed by atoms with Crippen LogP contribution < -0.4 is 0 Å². The predicted octanol–water partition coefficient (Wildman–Crippen LogP) is 10.7. The third-order valence-corrected chi connectivity index (χ3v) is 13.3. The van der Waals surface area contributed by atoms with Gasteiger partial charge in [0.2, 0.25) is 0 Å². The Morgan fingerprint density at radius 1 is 0.625 bits per heavy atom. The molecule has 0 amide bonds. The van der Waals surface area contributed by atoms with Crippen molar-refractivity contribution >= 4 is 0 Å². The van der Waals surface area contributed by atoms with Crippen molar-refractivity contribution in [3.05, 3.63) is 22.6 Å². The molecular formula is C45H83N3O8. The van der Waals surface area contributed by atoms with E-state index in [1.165, 1.54) is 70.6 Å². The third-order valence-electron chi connectivity index (χ3n) is 13.3. The Morgan fingerprint density at radius 3 is 1.68 bits per heavy atom. The average Bonchev–Trinajstić information content (AvgIpc) is 3.19. The number of allylic oxidation sites excluding steroid dienone is 1. The first-order chi connectivity index (χ1) is 26.9. The smallest absolute Gasteiger partial charge is 0.184 e. The molecule has 3 aliphatic rings. The maximum atomic E-state index is 11.5. The second-order valence-electron chi connectivity index (χ2n) is 17.5. The molecule has 17 atom stereocenters. The number of unbranched alkanes of at least 4 members (excludes halogenated alkanes) is 11. The largest absolute Gasteiger partial charge is 0.392 e. The summed E-state index contributed by atoms with van der Waals surface area (Å²) >= 11 is 0. The van der Waals surface area contributed by atoms with Crippen LogP contribution in [0.3, 0.4) is 0 Å². The van der Waals surface area contributed by atoms with Crippen LogP contribution >= 0.6 is 0 Å². The van der Waals surface area contributed by atoms with Gasteiger partial charge in [0.25, 0.3) is 0 Å². The summed E-state index contributed by atoms with van der Waals surface area (Å²) in [4.78, 5) is 3.11. The number of hydrogen-bond acceptors (Lipinski definition) is 9. The molecule has 11 nitrogen and oxygen atoms in total. The molecule has 0 saturated carbocycles. The molecule has 10 unspecified atom stereocenters. The van der Waals surface area contributed by atoms with Gasteiger partial charge in [-0.05, 0) is 49.5 Å². The molecule has 3 fully saturated rings. The molecule has 0 aromatic rings. The molecule has 326 valence electrons. The Balaban J connectivity index is 1.49. The monoisotopic (exact) mass is 794 g/mol. The highest BCUT2D eigenvalue weighted by Gasteiger charge is 2.50. The lowest BCUT2D eigenvalue weighted by molar-refractivity contribution is -0.354. The minimum Gasteiger partial charge on any atom is -0.392 e. The molecule has 0 aromatic carbocycles. The van der Waals surface area contributed by atoms with E-state index < -0.39 is 43.2 Å². The van der Waals surface area contributed by atoms with Crippen LogP contribution in [0, 0.1) is 35.5 Å². The first-order valence-corrected chi connectivity index (χ1v) is 22.9. The van der Waals surface area contributed by atoms with E-state index in [1.54, 1.807) is 0 Å². The lowest BCUT2D eigenvalue weighted by Crippen LogP contribution is -2.59. The van der Waals surface area contributed by atoms with E-state index in [0.29, 0.717) is 6.42 Å². The van der Waals surface area contributed by atoms with Gasteiger partial charge >= 0.3 is 0 Å². The first-order valence-electron chi connectivity index (χ1n) is 22.9. The Morgan fingerprint density at radius 2 is 1.12 bits per heavy atom. The summed E-state index contributed by atoms with van der Waals surface area (Å²) in [6, 6.07) is -0.422. The van der Waals surface area contributed by atoms with Crippen molar-refractivity contribution in [3.8, 4) is 0 Å². The van der Waals surface area contributed by atoms with E-state index in [9.17, 15) is 15.7 Å². The van der Waals surface area contributed by atoms with Crippen LogP contribution in [0.2, 0.25) is 0 Å². The van der Waals surface area contributed by atoms with E-state index in [4.69, 9.17) is 28.4 Å². The van der Waals surface area contributed by atoms with Crippen molar-refractivity contribution in [1.29, 1.82) is 0 Å². The number of nitrogens with zero attached hydrogens (tertiary/aromatic N) is 3. The number of rotatable bonds is 25. The van der Waals surface area contributed by atoms with Gasteiger partial charge in [0.1, 0.15) is 6.10 Å². The average molecular weight is 794 g/mol. The van der Waals surface area contributed by atoms with Crippen molar-refractivity contribution in [3.63, 3.8) is 0 Å². The predicted molar refractivity (Wildman–Crippen MR) is 223 cm³/mol. The SMILES string of the molecule is CCCCCCCCCCCCC/C=C/[C@@H](C)C(CO[C@@H]1OC(CC)[C@@H](O[C@@H]2OC(CC)[C@H](O[C@@H]3OC(CC)[C@H](C)C(O)C3C)C(C)C2C)C(C)C1O)N=[N+]=[N-]. The van der Waals surface area contributed by atoms with Gasteiger partial charge in [0.05, 0.1) is 49.3 Å². The Hall–Kier alpha value is -1.27. The van der Waals surface area contributed by atoms with Crippen LogP contribution in [-0.4, -0.2) is 84.5 Å². The van der Waals surface area contributed by atoms with E-state index in [0.717, 1.165) is 19.3 Å². The summed E-state index contributed by atoms with van der Waals surface area (Å²) in [5.74, 6) is -0.360. The molecule has 56 heavy (non-hydrogen) atoms. The molecule has 0 aliphatic carbocycles. The zero-order valence-electron chi connectivity index (χ0n) is 37.0. The zero-order valence-corrected chi connectivity index (χ0v) is 37.0. The zero-order chi connectivity index (χ0) is 41.2. The summed E-state index contributed by atoms with van der Waals surface area (Å²) in [6.45, 7) is 21.0. The van der Waals surface area contributed by atoms with Crippen LogP contribution in [0.25, 0.3) is 10.4 Å². The summed E-state index contributed by atoms with van der Waals surface area (Å²) in [6.07, 6.45) is 17.5. The van der Waals surface area contributed by atoms with Crippen LogP contribution in [0.4, 0.5) is 0 Å². The fraction of sp³-hybridized carbons (Fsp3) is 0.956. The topological polar surface area (TPSA) is 145 Å². The quantitative estimate of drug-likeness (QED) is 0.0305. The van der Waals surface area contributed by atoms with E-state index in [1.807, 2.05) is 34.6 Å². The highest BCUT2D eigenvalue weighted by atomic mass is 16.7. The van der Waals surface area contributed by atoms with Gasteiger partial charge < -0.3 is 38.6 Å². The Bertz CT molecular complexity index is 1130. The number of aliphatic hydroxyl groups is 2. The standard InChI is InChI=1S/C45H83N3O8/c1-11-15-16-17-18-19-20-21-22-23-24-25-26-27-29(5)35(47-48-46)28-51-45-40(50)33(9)42(38(14-4)54-45)56-43-31(7)30(6)41(37(13-3)53-43)55-44-34(10)39(49)32(8)36(12-2)52-44/h26-27,29-45,49-50H,11-25,28H2,1-10H3/b27-26+/t29-,30?,31?,32+,33?,34?,35?,36?,37?,38?,39?,40?,41-,42+,43+,44+,45-/m1/s1. The van der Waals surface area contributed by atoms with Gasteiger partial charge in [-0.15, -0.1) is 0 Å². The molecule has 3 rings (SSSR count). The number of ether oxygens (including phenoxy) is 6. The molecule has 0 bridgehead atoms. The lowest BCUT2D eigenvalue weighted by Gasteiger charge is -2.50. The van der Waals surface area contributed by atoms with Crippen LogP contribution in [0.15, 0.2) is 17.3 Å². The van der Waals surface area contributed by atoms with Crippen LogP contribution in [0.1, 0.15) is 166 Å². The van der Waals surface area contributed by atoms with Gasteiger partial charge in [0, 0.05) is 28.6 Å². The van der Waals surface area contributed by atoms with Crippen LogP contribution in [0.5, 0.6) is 0 Å². The van der Waals surface area contributed by atoms with Crippen molar-refractivity contribution in [2.75, 3.05) is 6.61 Å². The molecule has 3 aliphatic heterocycles. The molecular weight excluding hydrogens is 711 g/mol. The summed E-state index contributed by atoms with van der Waals surface area (Å²) in [7, 11) is 0. The summed E-state index contributed by atoms with van der Waals surface area (Å²) in [5, 5.41) is 26.5. The number of aliphatic hydroxyl groups excluding tert-OH is 2. The molecule has 11 heteroatoms. The summed E-state index contributed by atoms with van der Waals surface area (Å²) < 4.78 is 39.0. The maximum Gasteiger partial charge on any atom is 0.184 e. The van der Waals surface area contributed by atoms with E-state index in [-0.39, 0.29) is 66.5 Å². The second-order valence-corrected chi connectivity index (χ2v) is 17.5. The summed E-state index contributed by atoms with van der Waals surface area (Å²) in [5.41, 5.74) is 9.34. The molecule has 0 aromatic heterocycles. The van der Waals surface area contributed by atoms with E-state index in [2.05, 4.69) is 56.8 Å². The molecule has 3 heterocycles. The van der Waals surface area contributed by atoms with Crippen LogP contribution in [-0.2, 0) is 28.4 Å². The lowest BCUT2D eigenvalue weighted by atomic mass is 9.82.